The van der Waals surface area contributed by atoms with Gasteiger partial charge in [0, 0.05) is 0 Å². The highest BCUT2D eigenvalue weighted by atomic mass is 16.5. The Morgan fingerprint density at radius 1 is 1.80 bits per heavy atom. The zero-order chi connectivity index (χ0) is 7.98. The summed E-state index contributed by atoms with van der Waals surface area (Å²) in [7, 11) is 0. The van der Waals surface area contributed by atoms with Gasteiger partial charge in [-0.25, -0.2) is 4.79 Å². The molecule has 0 amide bonds. The summed E-state index contributed by atoms with van der Waals surface area (Å²) in [5, 5.41) is 8.33. The van der Waals surface area contributed by atoms with Crippen molar-refractivity contribution in [2.75, 3.05) is 6.61 Å². The molecule has 0 saturated heterocycles. The van der Waals surface area contributed by atoms with E-state index in [1.54, 1.807) is 6.08 Å². The monoisotopic (exact) mass is 144 g/mol. The molecule has 1 N–H and O–H groups in total. The molecule has 0 aliphatic rings. The fourth-order valence-electron chi connectivity index (χ4n) is 0.367. The molecule has 0 radical (unpaired) electrons. The van der Waals surface area contributed by atoms with Crippen molar-refractivity contribution < 1.29 is 14.6 Å². The fraction of sp³-hybridized carbons (Fsp3) is 0.571. The van der Waals surface area contributed by atoms with E-state index in [-0.39, 0.29) is 0 Å². The van der Waals surface area contributed by atoms with Crippen LogP contribution in [0.2, 0.25) is 0 Å². The predicted molar refractivity (Wildman–Crippen MR) is 37.9 cm³/mol. The molecule has 0 rings (SSSR count). The molecular formula is C7H12O3. The van der Waals surface area contributed by atoms with Gasteiger partial charge in [-0.15, -0.1) is 0 Å². The highest BCUT2D eigenvalue weighted by Gasteiger charge is 2.08. The second-order valence-corrected chi connectivity index (χ2v) is 1.88. The molecule has 58 valence electrons. The minimum Gasteiger partial charge on any atom is -0.479 e. The minimum absolute atomic E-state index is 0.365. The second-order valence-electron chi connectivity index (χ2n) is 1.88. The van der Waals surface area contributed by atoms with E-state index in [1.165, 1.54) is 6.92 Å². The summed E-state index contributed by atoms with van der Waals surface area (Å²) in [5.41, 5.74) is 0. The molecule has 0 unspecified atom stereocenters. The average molecular weight is 144 g/mol. The van der Waals surface area contributed by atoms with Crippen LogP contribution < -0.4 is 0 Å². The Morgan fingerprint density at radius 2 is 2.40 bits per heavy atom. The van der Waals surface area contributed by atoms with Crippen LogP contribution in [0, 0.1) is 0 Å². The molecule has 0 saturated carbocycles. The lowest BCUT2D eigenvalue weighted by Gasteiger charge is -2.04. The van der Waals surface area contributed by atoms with Crippen molar-refractivity contribution in [3.05, 3.63) is 12.2 Å². The minimum atomic E-state index is -0.926. The van der Waals surface area contributed by atoms with Gasteiger partial charge in [0.05, 0.1) is 6.61 Å². The van der Waals surface area contributed by atoms with Crippen LogP contribution in [0.4, 0.5) is 0 Å². The molecule has 0 fully saturated rings. The van der Waals surface area contributed by atoms with Gasteiger partial charge >= 0.3 is 5.97 Å². The van der Waals surface area contributed by atoms with Gasteiger partial charge in [0.25, 0.3) is 0 Å². The van der Waals surface area contributed by atoms with Crippen LogP contribution in [0.3, 0.4) is 0 Å². The zero-order valence-corrected chi connectivity index (χ0v) is 6.20. The van der Waals surface area contributed by atoms with E-state index >= 15 is 0 Å². The Balaban J connectivity index is 3.39. The van der Waals surface area contributed by atoms with Gasteiger partial charge in [0.1, 0.15) is 0 Å². The summed E-state index contributed by atoms with van der Waals surface area (Å²) in [6, 6.07) is 0. The Morgan fingerprint density at radius 3 is 2.80 bits per heavy atom. The summed E-state index contributed by atoms with van der Waals surface area (Å²) >= 11 is 0. The maximum atomic E-state index is 10.1. The fourth-order valence-corrected chi connectivity index (χ4v) is 0.367. The lowest BCUT2D eigenvalue weighted by atomic mass is 10.4. The SMILES string of the molecule is CC=CCO[C@@H](C)C(=O)O. The number of hydrogen-bond donors (Lipinski definition) is 1. The van der Waals surface area contributed by atoms with Crippen LogP contribution in [0.15, 0.2) is 12.2 Å². The van der Waals surface area contributed by atoms with Gasteiger partial charge in [-0.05, 0) is 13.8 Å². The summed E-state index contributed by atoms with van der Waals surface area (Å²) in [5.74, 6) is -0.926. The van der Waals surface area contributed by atoms with Gasteiger partial charge in [-0.2, -0.15) is 0 Å². The quantitative estimate of drug-likeness (QED) is 0.600. The highest BCUT2D eigenvalue weighted by molar-refractivity contribution is 5.71. The molecule has 10 heavy (non-hydrogen) atoms. The van der Waals surface area contributed by atoms with Crippen LogP contribution in [0.5, 0.6) is 0 Å². The van der Waals surface area contributed by atoms with E-state index in [0.29, 0.717) is 6.61 Å². The van der Waals surface area contributed by atoms with Crippen molar-refractivity contribution in [1.29, 1.82) is 0 Å². The van der Waals surface area contributed by atoms with Crippen molar-refractivity contribution in [3.63, 3.8) is 0 Å². The molecule has 0 heterocycles. The third-order valence-electron chi connectivity index (χ3n) is 1.03. The number of allylic oxidation sites excluding steroid dienone is 1. The molecular weight excluding hydrogens is 132 g/mol. The van der Waals surface area contributed by atoms with Crippen LogP contribution in [-0.4, -0.2) is 23.8 Å². The third-order valence-corrected chi connectivity index (χ3v) is 1.03. The molecule has 1 atom stereocenters. The van der Waals surface area contributed by atoms with Crippen molar-refractivity contribution in [3.8, 4) is 0 Å². The molecule has 0 spiro atoms. The van der Waals surface area contributed by atoms with Crippen LogP contribution >= 0.6 is 0 Å². The number of carboxylic acids is 1. The number of ether oxygens (including phenoxy) is 1. The number of carboxylic acid groups (broad SMARTS) is 1. The second kappa shape index (κ2) is 4.99. The first kappa shape index (κ1) is 9.17. The summed E-state index contributed by atoms with van der Waals surface area (Å²) in [6.07, 6.45) is 2.87. The summed E-state index contributed by atoms with van der Waals surface area (Å²) < 4.78 is 4.86. The van der Waals surface area contributed by atoms with Crippen molar-refractivity contribution in [2.45, 2.75) is 20.0 Å². The lowest BCUT2D eigenvalue weighted by molar-refractivity contribution is -0.148. The first-order chi connectivity index (χ1) is 4.68. The predicted octanol–water partition coefficient (Wildman–Crippen LogP) is 1.05. The van der Waals surface area contributed by atoms with E-state index in [4.69, 9.17) is 9.84 Å². The van der Waals surface area contributed by atoms with E-state index in [9.17, 15) is 4.79 Å². The largest absolute Gasteiger partial charge is 0.479 e. The van der Waals surface area contributed by atoms with Gasteiger partial charge in [0.15, 0.2) is 6.10 Å². The van der Waals surface area contributed by atoms with E-state index < -0.39 is 12.1 Å². The maximum Gasteiger partial charge on any atom is 0.332 e. The van der Waals surface area contributed by atoms with Crippen molar-refractivity contribution in [1.82, 2.24) is 0 Å². The number of hydrogen-bond acceptors (Lipinski definition) is 2. The Labute approximate surface area is 60.3 Å². The van der Waals surface area contributed by atoms with Gasteiger partial charge in [-0.3, -0.25) is 0 Å². The molecule has 0 aliphatic carbocycles. The summed E-state index contributed by atoms with van der Waals surface area (Å²) in [4.78, 5) is 10.1. The van der Waals surface area contributed by atoms with E-state index in [2.05, 4.69) is 0 Å². The summed E-state index contributed by atoms with van der Waals surface area (Å²) in [6.45, 7) is 3.73. The lowest BCUT2D eigenvalue weighted by Crippen LogP contribution is -2.19. The molecule has 0 aromatic heterocycles. The number of carbonyl (C=O) groups is 1. The van der Waals surface area contributed by atoms with Crippen LogP contribution in [0.25, 0.3) is 0 Å². The molecule has 0 aromatic rings. The van der Waals surface area contributed by atoms with Crippen molar-refractivity contribution >= 4 is 5.97 Å². The molecule has 0 aliphatic heterocycles. The highest BCUT2D eigenvalue weighted by Crippen LogP contribution is 1.89. The van der Waals surface area contributed by atoms with Gasteiger partial charge in [0.2, 0.25) is 0 Å². The molecule has 0 bridgehead atoms. The molecule has 3 heteroatoms. The van der Waals surface area contributed by atoms with Crippen LogP contribution in [-0.2, 0) is 9.53 Å². The Hall–Kier alpha value is -0.830. The van der Waals surface area contributed by atoms with E-state index in [1.807, 2.05) is 13.0 Å². The smallest absolute Gasteiger partial charge is 0.332 e. The Kier molecular flexibility index (Phi) is 4.58. The zero-order valence-electron chi connectivity index (χ0n) is 6.20. The average Bonchev–Trinajstić information content (AvgIpc) is 1.88. The first-order valence-electron chi connectivity index (χ1n) is 3.14. The van der Waals surface area contributed by atoms with Gasteiger partial charge in [-0.1, -0.05) is 12.2 Å². The normalized spacial score (nSPS) is 13.8. The topological polar surface area (TPSA) is 46.5 Å². The maximum absolute atomic E-state index is 10.1. The third kappa shape index (κ3) is 4.09. The first-order valence-corrected chi connectivity index (χ1v) is 3.14. The standard InChI is InChI=1S/C7H12O3/c1-3-4-5-10-6(2)7(8)9/h3-4,6H,5H2,1-2H3,(H,8,9)/t6-/m0/s1. The Bertz CT molecular complexity index is 129. The molecule has 3 nitrogen and oxygen atoms in total. The van der Waals surface area contributed by atoms with Gasteiger partial charge < -0.3 is 9.84 Å². The number of aliphatic carboxylic acids is 1. The van der Waals surface area contributed by atoms with Crippen LogP contribution in [0.1, 0.15) is 13.8 Å². The van der Waals surface area contributed by atoms with E-state index in [0.717, 1.165) is 0 Å². The molecule has 0 aromatic carbocycles. The van der Waals surface area contributed by atoms with Crippen molar-refractivity contribution in [2.24, 2.45) is 0 Å². The number of rotatable bonds is 4.